The zero-order chi connectivity index (χ0) is 14.0. The van der Waals surface area contributed by atoms with Crippen molar-refractivity contribution in [3.05, 3.63) is 0 Å². The number of nitrogens with one attached hydrogen (secondary N) is 2. The Kier molecular flexibility index (Phi) is 3.78. The van der Waals surface area contributed by atoms with Crippen molar-refractivity contribution in [1.82, 2.24) is 10.6 Å². The molecule has 1 aliphatic carbocycles. The summed E-state index contributed by atoms with van der Waals surface area (Å²) < 4.78 is 0. The summed E-state index contributed by atoms with van der Waals surface area (Å²) >= 11 is 0. The zero-order valence-electron chi connectivity index (χ0n) is 11.1. The van der Waals surface area contributed by atoms with Crippen LogP contribution in [0.4, 0.5) is 0 Å². The molecule has 0 bridgehead atoms. The molecule has 106 valence electrons. The normalized spacial score (nSPS) is 34.7. The van der Waals surface area contributed by atoms with Crippen LogP contribution in [0.25, 0.3) is 0 Å². The monoisotopic (exact) mass is 268 g/mol. The fraction of sp³-hybridized carbons (Fsp3) is 0.769. The van der Waals surface area contributed by atoms with Crippen LogP contribution in [0.5, 0.6) is 0 Å². The van der Waals surface area contributed by atoms with Gasteiger partial charge < -0.3 is 15.7 Å². The highest BCUT2D eigenvalue weighted by molar-refractivity contribution is 5.92. The zero-order valence-corrected chi connectivity index (χ0v) is 11.1. The Labute approximate surface area is 111 Å². The van der Waals surface area contributed by atoms with Gasteiger partial charge in [0.05, 0.1) is 5.92 Å². The first-order chi connectivity index (χ1) is 8.95. The molecule has 0 aromatic carbocycles. The molecule has 1 aliphatic heterocycles. The van der Waals surface area contributed by atoms with Gasteiger partial charge in [-0.3, -0.25) is 9.59 Å². The number of hydrogen-bond acceptors (Lipinski definition) is 3. The van der Waals surface area contributed by atoms with Gasteiger partial charge in [0.25, 0.3) is 0 Å². The number of amides is 2. The predicted octanol–water partition coefficient (Wildman–Crippen LogP) is 0.272. The highest BCUT2D eigenvalue weighted by atomic mass is 16.4. The molecule has 2 fully saturated rings. The first kappa shape index (κ1) is 13.8. The van der Waals surface area contributed by atoms with Crippen molar-refractivity contribution in [3.63, 3.8) is 0 Å². The minimum atomic E-state index is -1.17. The van der Waals surface area contributed by atoms with Crippen molar-refractivity contribution < 1.29 is 19.5 Å². The fourth-order valence-electron chi connectivity index (χ4n) is 3.02. The van der Waals surface area contributed by atoms with Crippen molar-refractivity contribution in [2.24, 2.45) is 11.8 Å². The molecule has 3 atom stereocenters. The van der Waals surface area contributed by atoms with Gasteiger partial charge in [0.15, 0.2) is 0 Å². The van der Waals surface area contributed by atoms with E-state index < -0.39 is 17.4 Å². The molecule has 2 amide bonds. The third-order valence-electron chi connectivity index (χ3n) is 4.38. The number of carbonyl (C=O) groups excluding carboxylic acids is 2. The number of aliphatic carboxylic acids is 1. The van der Waals surface area contributed by atoms with Gasteiger partial charge in [0, 0.05) is 13.0 Å². The van der Waals surface area contributed by atoms with Gasteiger partial charge in [-0.05, 0) is 18.8 Å². The topological polar surface area (TPSA) is 95.5 Å². The van der Waals surface area contributed by atoms with Crippen LogP contribution in [0.2, 0.25) is 0 Å². The SMILES string of the molecule is CC1CCCCC1(NC(=O)C1CNC(=O)C1)C(=O)O. The standard InChI is InChI=1S/C13H20N2O4/c1-8-4-2-3-5-13(8,12(18)19)15-11(17)9-6-10(16)14-7-9/h8-9H,2-7H2,1H3,(H,14,16)(H,15,17)(H,18,19). The average molecular weight is 268 g/mol. The van der Waals surface area contributed by atoms with Gasteiger partial charge in [-0.2, -0.15) is 0 Å². The maximum Gasteiger partial charge on any atom is 0.329 e. The Bertz CT molecular complexity index is 409. The van der Waals surface area contributed by atoms with Crippen LogP contribution in [0.1, 0.15) is 39.0 Å². The Balaban J connectivity index is 2.10. The molecule has 3 unspecified atom stereocenters. The summed E-state index contributed by atoms with van der Waals surface area (Å²) in [6.45, 7) is 2.17. The van der Waals surface area contributed by atoms with Gasteiger partial charge in [0.1, 0.15) is 5.54 Å². The molecule has 1 saturated carbocycles. The lowest BCUT2D eigenvalue weighted by atomic mass is 9.73. The first-order valence-electron chi connectivity index (χ1n) is 6.78. The highest BCUT2D eigenvalue weighted by Crippen LogP contribution is 2.34. The Hall–Kier alpha value is -1.59. The Morgan fingerprint density at radius 1 is 1.42 bits per heavy atom. The van der Waals surface area contributed by atoms with Crippen LogP contribution < -0.4 is 10.6 Å². The third-order valence-corrected chi connectivity index (χ3v) is 4.38. The largest absolute Gasteiger partial charge is 0.479 e. The van der Waals surface area contributed by atoms with Crippen molar-refractivity contribution in [2.45, 2.75) is 44.6 Å². The summed E-state index contributed by atoms with van der Waals surface area (Å²) in [6, 6.07) is 0. The summed E-state index contributed by atoms with van der Waals surface area (Å²) in [5.41, 5.74) is -1.17. The van der Waals surface area contributed by atoms with E-state index in [0.29, 0.717) is 13.0 Å². The van der Waals surface area contributed by atoms with E-state index in [1.54, 1.807) is 0 Å². The van der Waals surface area contributed by atoms with Gasteiger partial charge >= 0.3 is 5.97 Å². The smallest absolute Gasteiger partial charge is 0.329 e. The van der Waals surface area contributed by atoms with Crippen LogP contribution in [0.15, 0.2) is 0 Å². The molecule has 0 spiro atoms. The number of carboxylic acid groups (broad SMARTS) is 1. The van der Waals surface area contributed by atoms with Crippen LogP contribution >= 0.6 is 0 Å². The van der Waals surface area contributed by atoms with E-state index in [1.165, 1.54) is 0 Å². The summed E-state index contributed by atoms with van der Waals surface area (Å²) in [7, 11) is 0. The maximum absolute atomic E-state index is 12.1. The van der Waals surface area contributed by atoms with Crippen molar-refractivity contribution in [3.8, 4) is 0 Å². The van der Waals surface area contributed by atoms with Crippen LogP contribution in [-0.2, 0) is 14.4 Å². The molecule has 0 aromatic rings. The summed E-state index contributed by atoms with van der Waals surface area (Å²) in [4.78, 5) is 34.9. The molecular weight excluding hydrogens is 248 g/mol. The highest BCUT2D eigenvalue weighted by Gasteiger charge is 2.47. The lowest BCUT2D eigenvalue weighted by Gasteiger charge is -2.40. The molecule has 1 saturated heterocycles. The van der Waals surface area contributed by atoms with E-state index in [9.17, 15) is 19.5 Å². The van der Waals surface area contributed by atoms with E-state index >= 15 is 0 Å². The third kappa shape index (κ3) is 2.57. The Morgan fingerprint density at radius 2 is 2.16 bits per heavy atom. The van der Waals surface area contributed by atoms with Gasteiger partial charge in [-0.25, -0.2) is 4.79 Å². The molecule has 2 rings (SSSR count). The van der Waals surface area contributed by atoms with E-state index in [0.717, 1.165) is 19.3 Å². The number of carbonyl (C=O) groups is 3. The van der Waals surface area contributed by atoms with Crippen molar-refractivity contribution in [1.29, 1.82) is 0 Å². The molecule has 1 heterocycles. The molecule has 6 nitrogen and oxygen atoms in total. The van der Waals surface area contributed by atoms with E-state index in [4.69, 9.17) is 0 Å². The van der Waals surface area contributed by atoms with Gasteiger partial charge in [-0.1, -0.05) is 19.8 Å². The van der Waals surface area contributed by atoms with E-state index in [-0.39, 0.29) is 24.2 Å². The first-order valence-corrected chi connectivity index (χ1v) is 6.78. The number of hydrogen-bond donors (Lipinski definition) is 3. The molecule has 0 aromatic heterocycles. The maximum atomic E-state index is 12.1. The van der Waals surface area contributed by atoms with Crippen LogP contribution in [0.3, 0.4) is 0 Å². The predicted molar refractivity (Wildman–Crippen MR) is 67.3 cm³/mol. The minimum Gasteiger partial charge on any atom is -0.479 e. The fourth-order valence-corrected chi connectivity index (χ4v) is 3.02. The van der Waals surface area contributed by atoms with Crippen LogP contribution in [0, 0.1) is 11.8 Å². The lowest BCUT2D eigenvalue weighted by molar-refractivity contribution is -0.152. The summed E-state index contributed by atoms with van der Waals surface area (Å²) in [5, 5.41) is 14.8. The average Bonchev–Trinajstić information content (AvgIpc) is 2.78. The van der Waals surface area contributed by atoms with Gasteiger partial charge in [0.2, 0.25) is 11.8 Å². The summed E-state index contributed by atoms with van der Waals surface area (Å²) in [6.07, 6.45) is 3.21. The Morgan fingerprint density at radius 3 is 2.68 bits per heavy atom. The van der Waals surface area contributed by atoms with Crippen LogP contribution in [-0.4, -0.2) is 35.0 Å². The lowest BCUT2D eigenvalue weighted by Crippen LogP contribution is -2.61. The second-order valence-corrected chi connectivity index (χ2v) is 5.62. The van der Waals surface area contributed by atoms with Crippen molar-refractivity contribution >= 4 is 17.8 Å². The van der Waals surface area contributed by atoms with Gasteiger partial charge in [-0.15, -0.1) is 0 Å². The second kappa shape index (κ2) is 5.19. The van der Waals surface area contributed by atoms with E-state index in [1.807, 2.05) is 6.92 Å². The molecule has 19 heavy (non-hydrogen) atoms. The minimum absolute atomic E-state index is 0.0900. The molecule has 6 heteroatoms. The summed E-state index contributed by atoms with van der Waals surface area (Å²) in [5.74, 6) is -1.98. The van der Waals surface area contributed by atoms with E-state index in [2.05, 4.69) is 10.6 Å². The quantitative estimate of drug-likeness (QED) is 0.684. The molecule has 2 aliphatic rings. The molecular formula is C13H20N2O4. The van der Waals surface area contributed by atoms with Crippen molar-refractivity contribution in [2.75, 3.05) is 6.54 Å². The molecule has 3 N–H and O–H groups in total. The number of carboxylic acids is 1. The second-order valence-electron chi connectivity index (χ2n) is 5.62. The molecule has 0 radical (unpaired) electrons. The number of rotatable bonds is 3.